The number of carbonyl (C=O) groups excluding carboxylic acids is 1. The Morgan fingerprint density at radius 2 is 1.76 bits per heavy atom. The molecule has 0 aliphatic carbocycles. The second-order valence-corrected chi connectivity index (χ2v) is 5.31. The van der Waals surface area contributed by atoms with Gasteiger partial charge in [-0.3, -0.25) is 4.79 Å². The van der Waals surface area contributed by atoms with Crippen LogP contribution in [0.3, 0.4) is 0 Å². The molecule has 0 radical (unpaired) electrons. The minimum absolute atomic E-state index is 0.0722. The molecule has 2 aromatic rings. The fourth-order valence-corrected chi connectivity index (χ4v) is 1.96. The summed E-state index contributed by atoms with van der Waals surface area (Å²) in [6.45, 7) is 1.40. The summed E-state index contributed by atoms with van der Waals surface area (Å²) in [5.74, 6) is 0.760. The molecule has 0 heterocycles. The fourth-order valence-electron chi connectivity index (χ4n) is 1.70. The van der Waals surface area contributed by atoms with Gasteiger partial charge >= 0.3 is 0 Å². The number of rotatable bonds is 7. The number of halogens is 1. The topological polar surface area (TPSA) is 50.4 Å². The number of para-hydroxylation sites is 1. The molecule has 5 heteroatoms. The van der Waals surface area contributed by atoms with Gasteiger partial charge in [0.25, 0.3) is 0 Å². The molecule has 0 unspecified atom stereocenters. The van der Waals surface area contributed by atoms with E-state index in [1.807, 2.05) is 54.6 Å². The van der Waals surface area contributed by atoms with Crippen LogP contribution in [0.25, 0.3) is 0 Å². The quantitative estimate of drug-likeness (QED) is 0.756. The first-order valence-corrected chi connectivity index (χ1v) is 7.47. The maximum atomic E-state index is 11.7. The Kier molecular flexibility index (Phi) is 6.24. The van der Waals surface area contributed by atoms with E-state index in [9.17, 15) is 4.79 Å². The monoisotopic (exact) mass is 348 g/mol. The molecule has 0 spiro atoms. The van der Waals surface area contributed by atoms with Gasteiger partial charge in [0, 0.05) is 16.7 Å². The van der Waals surface area contributed by atoms with Crippen molar-refractivity contribution in [3.63, 3.8) is 0 Å². The van der Waals surface area contributed by atoms with Crippen molar-refractivity contribution in [1.29, 1.82) is 0 Å². The van der Waals surface area contributed by atoms with Crippen molar-refractivity contribution in [3.8, 4) is 5.75 Å². The molecule has 0 bridgehead atoms. The van der Waals surface area contributed by atoms with Crippen LogP contribution in [0.4, 0.5) is 5.69 Å². The van der Waals surface area contributed by atoms with Crippen LogP contribution < -0.4 is 15.4 Å². The molecule has 1 amide bonds. The summed E-state index contributed by atoms with van der Waals surface area (Å²) in [4.78, 5) is 11.7. The zero-order valence-electron chi connectivity index (χ0n) is 11.5. The molecule has 0 aromatic heterocycles. The van der Waals surface area contributed by atoms with Crippen molar-refractivity contribution in [2.24, 2.45) is 0 Å². The van der Waals surface area contributed by atoms with E-state index < -0.39 is 0 Å². The summed E-state index contributed by atoms with van der Waals surface area (Å²) in [6.07, 6.45) is 0. The summed E-state index contributed by atoms with van der Waals surface area (Å²) in [5.41, 5.74) is 0.783. The average molecular weight is 349 g/mol. The lowest BCUT2D eigenvalue weighted by atomic mass is 10.3. The zero-order valence-corrected chi connectivity index (χ0v) is 13.1. The molecule has 2 N–H and O–H groups in total. The summed E-state index contributed by atoms with van der Waals surface area (Å²) >= 11 is 3.35. The van der Waals surface area contributed by atoms with Crippen molar-refractivity contribution in [2.75, 3.05) is 25.0 Å². The van der Waals surface area contributed by atoms with Gasteiger partial charge < -0.3 is 15.4 Å². The molecule has 2 aromatic carbocycles. The van der Waals surface area contributed by atoms with Gasteiger partial charge in [-0.2, -0.15) is 0 Å². The number of benzene rings is 2. The Bertz CT molecular complexity index is 558. The van der Waals surface area contributed by atoms with Gasteiger partial charge in [0.15, 0.2) is 0 Å². The van der Waals surface area contributed by atoms with E-state index in [1.165, 1.54) is 0 Å². The van der Waals surface area contributed by atoms with Gasteiger partial charge in [0.05, 0.1) is 6.54 Å². The molecular weight excluding hydrogens is 332 g/mol. The third-order valence-corrected chi connectivity index (χ3v) is 3.23. The van der Waals surface area contributed by atoms with Crippen LogP contribution in [-0.2, 0) is 4.79 Å². The Morgan fingerprint density at radius 3 is 2.48 bits per heavy atom. The SMILES string of the molecule is O=C(CNCCOc1ccccc1)Nc1ccc(Br)cc1. The highest BCUT2D eigenvalue weighted by Gasteiger charge is 2.01. The Balaban J connectivity index is 1.60. The van der Waals surface area contributed by atoms with Crippen LogP contribution in [0.5, 0.6) is 5.75 Å². The van der Waals surface area contributed by atoms with Crippen molar-refractivity contribution < 1.29 is 9.53 Å². The molecule has 0 aliphatic rings. The summed E-state index contributed by atoms with van der Waals surface area (Å²) < 4.78 is 6.50. The van der Waals surface area contributed by atoms with Crippen LogP contribution in [0.15, 0.2) is 59.1 Å². The average Bonchev–Trinajstić information content (AvgIpc) is 2.50. The molecule has 0 atom stereocenters. The van der Waals surface area contributed by atoms with E-state index in [0.717, 1.165) is 15.9 Å². The standard InChI is InChI=1S/C16H17BrN2O2/c17-13-6-8-14(9-7-13)19-16(20)12-18-10-11-21-15-4-2-1-3-5-15/h1-9,18H,10-12H2,(H,19,20). The molecule has 0 saturated heterocycles. The molecule has 0 saturated carbocycles. The smallest absolute Gasteiger partial charge is 0.238 e. The maximum absolute atomic E-state index is 11.7. The Hall–Kier alpha value is -1.85. The van der Waals surface area contributed by atoms with Crippen LogP contribution in [0.2, 0.25) is 0 Å². The lowest BCUT2D eigenvalue weighted by molar-refractivity contribution is -0.115. The largest absolute Gasteiger partial charge is 0.492 e. The van der Waals surface area contributed by atoms with Gasteiger partial charge in [0.1, 0.15) is 12.4 Å². The van der Waals surface area contributed by atoms with E-state index >= 15 is 0 Å². The van der Waals surface area contributed by atoms with Crippen molar-refractivity contribution >= 4 is 27.5 Å². The molecular formula is C16H17BrN2O2. The minimum Gasteiger partial charge on any atom is -0.492 e. The lowest BCUT2D eigenvalue weighted by Gasteiger charge is -2.08. The second-order valence-electron chi connectivity index (χ2n) is 4.39. The molecule has 2 rings (SSSR count). The Labute approximate surface area is 132 Å². The van der Waals surface area contributed by atoms with E-state index in [-0.39, 0.29) is 12.5 Å². The molecule has 21 heavy (non-hydrogen) atoms. The minimum atomic E-state index is -0.0722. The molecule has 0 fully saturated rings. The highest BCUT2D eigenvalue weighted by Crippen LogP contribution is 2.13. The van der Waals surface area contributed by atoms with E-state index in [2.05, 4.69) is 26.6 Å². The number of ether oxygens (including phenoxy) is 1. The number of carbonyl (C=O) groups is 1. The third-order valence-electron chi connectivity index (χ3n) is 2.70. The maximum Gasteiger partial charge on any atom is 0.238 e. The van der Waals surface area contributed by atoms with Crippen LogP contribution in [0.1, 0.15) is 0 Å². The molecule has 4 nitrogen and oxygen atoms in total. The first-order valence-electron chi connectivity index (χ1n) is 6.68. The van der Waals surface area contributed by atoms with Crippen LogP contribution >= 0.6 is 15.9 Å². The van der Waals surface area contributed by atoms with Gasteiger partial charge in [0.2, 0.25) is 5.91 Å². The van der Waals surface area contributed by atoms with Gasteiger partial charge in [-0.05, 0) is 36.4 Å². The summed E-state index contributed by atoms with van der Waals surface area (Å²) in [5, 5.41) is 5.86. The lowest BCUT2D eigenvalue weighted by Crippen LogP contribution is -2.31. The number of amides is 1. The second kappa shape index (κ2) is 8.44. The van der Waals surface area contributed by atoms with E-state index in [1.54, 1.807) is 0 Å². The number of anilines is 1. The summed E-state index contributed by atoms with van der Waals surface area (Å²) in [6, 6.07) is 17.1. The zero-order chi connectivity index (χ0) is 14.9. The molecule has 110 valence electrons. The molecule has 0 aliphatic heterocycles. The van der Waals surface area contributed by atoms with Crippen LogP contribution in [0, 0.1) is 0 Å². The van der Waals surface area contributed by atoms with Crippen LogP contribution in [-0.4, -0.2) is 25.6 Å². The van der Waals surface area contributed by atoms with E-state index in [0.29, 0.717) is 13.2 Å². The van der Waals surface area contributed by atoms with Gasteiger partial charge in [-0.25, -0.2) is 0 Å². The Morgan fingerprint density at radius 1 is 1.05 bits per heavy atom. The van der Waals surface area contributed by atoms with Crippen molar-refractivity contribution in [2.45, 2.75) is 0 Å². The third kappa shape index (κ3) is 5.97. The van der Waals surface area contributed by atoms with Gasteiger partial charge in [-0.1, -0.05) is 34.1 Å². The highest BCUT2D eigenvalue weighted by molar-refractivity contribution is 9.10. The number of hydrogen-bond acceptors (Lipinski definition) is 3. The number of nitrogens with one attached hydrogen (secondary N) is 2. The van der Waals surface area contributed by atoms with E-state index in [4.69, 9.17) is 4.74 Å². The van der Waals surface area contributed by atoms with Crippen molar-refractivity contribution in [1.82, 2.24) is 5.32 Å². The predicted molar refractivity (Wildman–Crippen MR) is 87.6 cm³/mol. The highest BCUT2D eigenvalue weighted by atomic mass is 79.9. The number of hydrogen-bond donors (Lipinski definition) is 2. The first kappa shape index (κ1) is 15.5. The first-order chi connectivity index (χ1) is 10.2. The fraction of sp³-hybridized carbons (Fsp3) is 0.188. The predicted octanol–water partition coefficient (Wildman–Crippen LogP) is 3.06. The summed E-state index contributed by atoms with van der Waals surface area (Å²) in [7, 11) is 0. The van der Waals surface area contributed by atoms with Gasteiger partial charge in [-0.15, -0.1) is 0 Å². The van der Waals surface area contributed by atoms with Crippen molar-refractivity contribution in [3.05, 3.63) is 59.1 Å². The normalized spacial score (nSPS) is 10.1.